The van der Waals surface area contributed by atoms with Crippen LogP contribution in [0.15, 0.2) is 18.2 Å². The number of nitrogens with zero attached hydrogens (tertiary/aromatic N) is 1. The van der Waals surface area contributed by atoms with Gasteiger partial charge in [0.1, 0.15) is 5.82 Å². The van der Waals surface area contributed by atoms with Gasteiger partial charge in [0.25, 0.3) is 0 Å². The zero-order valence-corrected chi connectivity index (χ0v) is 9.16. The zero-order valence-electron chi connectivity index (χ0n) is 9.16. The van der Waals surface area contributed by atoms with Gasteiger partial charge in [-0.15, -0.1) is 0 Å². The van der Waals surface area contributed by atoms with E-state index in [0.29, 0.717) is 17.5 Å². The molecule has 0 atom stereocenters. The van der Waals surface area contributed by atoms with Gasteiger partial charge in [-0.3, -0.25) is 4.79 Å². The Labute approximate surface area is 89.7 Å². The summed E-state index contributed by atoms with van der Waals surface area (Å²) in [6.45, 7) is 2.84. The molecule has 3 heteroatoms. The van der Waals surface area contributed by atoms with Crippen LogP contribution in [0.1, 0.15) is 30.1 Å². The minimum atomic E-state index is -0.335. The molecule has 82 valence electrons. The summed E-state index contributed by atoms with van der Waals surface area (Å²) >= 11 is 0. The lowest BCUT2D eigenvalue weighted by molar-refractivity contribution is 0.112. The van der Waals surface area contributed by atoms with Gasteiger partial charge in [0, 0.05) is 19.2 Å². The van der Waals surface area contributed by atoms with Crippen LogP contribution in [0.25, 0.3) is 0 Å². The van der Waals surface area contributed by atoms with Gasteiger partial charge in [-0.05, 0) is 18.6 Å². The molecular weight excluding hydrogens is 193 g/mol. The molecule has 0 unspecified atom stereocenters. The third kappa shape index (κ3) is 2.78. The van der Waals surface area contributed by atoms with Gasteiger partial charge in [0.05, 0.1) is 5.69 Å². The van der Waals surface area contributed by atoms with Gasteiger partial charge >= 0.3 is 0 Å². The fourth-order valence-corrected chi connectivity index (χ4v) is 1.54. The van der Waals surface area contributed by atoms with E-state index in [4.69, 9.17) is 0 Å². The van der Waals surface area contributed by atoms with Crippen molar-refractivity contribution in [3.05, 3.63) is 29.6 Å². The van der Waals surface area contributed by atoms with E-state index in [1.165, 1.54) is 6.07 Å². The average molecular weight is 209 g/mol. The van der Waals surface area contributed by atoms with Crippen LogP contribution in [-0.4, -0.2) is 19.9 Å². The number of aldehydes is 1. The maximum atomic E-state index is 13.5. The molecule has 0 saturated heterocycles. The molecule has 0 amide bonds. The molecule has 0 aliphatic rings. The lowest BCUT2D eigenvalue weighted by Gasteiger charge is -2.21. The summed E-state index contributed by atoms with van der Waals surface area (Å²) in [5.74, 6) is -0.335. The third-order valence-corrected chi connectivity index (χ3v) is 2.37. The summed E-state index contributed by atoms with van der Waals surface area (Å²) in [5, 5.41) is 0. The fraction of sp³-hybridized carbons (Fsp3) is 0.417. The first-order valence-corrected chi connectivity index (χ1v) is 5.15. The Hall–Kier alpha value is -1.38. The minimum absolute atomic E-state index is 0.335. The highest BCUT2D eigenvalue weighted by atomic mass is 19.1. The summed E-state index contributed by atoms with van der Waals surface area (Å²) in [4.78, 5) is 12.6. The molecule has 0 saturated carbocycles. The van der Waals surface area contributed by atoms with E-state index in [9.17, 15) is 9.18 Å². The van der Waals surface area contributed by atoms with Crippen LogP contribution < -0.4 is 4.90 Å². The zero-order chi connectivity index (χ0) is 11.3. The summed E-state index contributed by atoms with van der Waals surface area (Å²) in [6, 6.07) is 4.56. The number of benzene rings is 1. The van der Waals surface area contributed by atoms with Gasteiger partial charge < -0.3 is 4.90 Å². The maximum Gasteiger partial charge on any atom is 0.152 e. The number of para-hydroxylation sites is 1. The molecule has 0 N–H and O–H groups in total. The van der Waals surface area contributed by atoms with Crippen molar-refractivity contribution in [1.29, 1.82) is 0 Å². The summed E-state index contributed by atoms with van der Waals surface area (Å²) in [5.41, 5.74) is 0.814. The van der Waals surface area contributed by atoms with Gasteiger partial charge in [-0.1, -0.05) is 19.4 Å². The number of hydrogen-bond acceptors (Lipinski definition) is 2. The van der Waals surface area contributed by atoms with Crippen molar-refractivity contribution < 1.29 is 9.18 Å². The van der Waals surface area contributed by atoms with Crippen LogP contribution in [0.5, 0.6) is 0 Å². The Bertz CT molecular complexity index is 338. The lowest BCUT2D eigenvalue weighted by atomic mass is 10.1. The largest absolute Gasteiger partial charge is 0.372 e. The third-order valence-electron chi connectivity index (χ3n) is 2.37. The van der Waals surface area contributed by atoms with Crippen LogP contribution in [0.3, 0.4) is 0 Å². The van der Waals surface area contributed by atoms with Crippen molar-refractivity contribution in [3.8, 4) is 0 Å². The van der Waals surface area contributed by atoms with E-state index in [1.54, 1.807) is 24.1 Å². The highest BCUT2D eigenvalue weighted by Gasteiger charge is 2.11. The molecule has 1 rings (SSSR count). The molecule has 0 aromatic heterocycles. The van der Waals surface area contributed by atoms with E-state index in [1.807, 2.05) is 0 Å². The van der Waals surface area contributed by atoms with Gasteiger partial charge in [-0.2, -0.15) is 0 Å². The van der Waals surface area contributed by atoms with Crippen LogP contribution in [0.2, 0.25) is 0 Å². The van der Waals surface area contributed by atoms with Crippen LogP contribution >= 0.6 is 0 Å². The van der Waals surface area contributed by atoms with E-state index < -0.39 is 0 Å². The number of rotatable bonds is 5. The highest BCUT2D eigenvalue weighted by molar-refractivity contribution is 5.84. The quantitative estimate of drug-likeness (QED) is 0.695. The molecular formula is C12H16FNO. The van der Waals surface area contributed by atoms with Gasteiger partial charge in [-0.25, -0.2) is 4.39 Å². The SMILES string of the molecule is CCCCN(C)c1c(F)cccc1C=O. The van der Waals surface area contributed by atoms with Crippen molar-refractivity contribution in [1.82, 2.24) is 0 Å². The Morgan fingerprint density at radius 2 is 2.20 bits per heavy atom. The maximum absolute atomic E-state index is 13.5. The van der Waals surface area contributed by atoms with Crippen LogP contribution in [0, 0.1) is 5.82 Å². The van der Waals surface area contributed by atoms with Crippen LogP contribution in [-0.2, 0) is 0 Å². The molecule has 15 heavy (non-hydrogen) atoms. The number of carbonyl (C=O) groups is 1. The minimum Gasteiger partial charge on any atom is -0.372 e. The van der Waals surface area contributed by atoms with Crippen molar-refractivity contribution in [2.45, 2.75) is 19.8 Å². The number of halogens is 1. The molecule has 0 fully saturated rings. The first kappa shape index (κ1) is 11.7. The molecule has 0 aliphatic carbocycles. The number of hydrogen-bond donors (Lipinski definition) is 0. The second-order valence-electron chi connectivity index (χ2n) is 3.57. The Morgan fingerprint density at radius 1 is 1.47 bits per heavy atom. The molecule has 0 bridgehead atoms. The molecule has 1 aromatic rings. The fourth-order valence-electron chi connectivity index (χ4n) is 1.54. The van der Waals surface area contributed by atoms with Crippen molar-refractivity contribution >= 4 is 12.0 Å². The number of anilines is 1. The van der Waals surface area contributed by atoms with E-state index >= 15 is 0 Å². The Morgan fingerprint density at radius 3 is 2.80 bits per heavy atom. The topological polar surface area (TPSA) is 20.3 Å². The Kier molecular flexibility index (Phi) is 4.28. The van der Waals surface area contributed by atoms with E-state index in [-0.39, 0.29) is 5.82 Å². The smallest absolute Gasteiger partial charge is 0.152 e. The second kappa shape index (κ2) is 5.49. The van der Waals surface area contributed by atoms with Gasteiger partial charge in [0.15, 0.2) is 6.29 Å². The molecule has 0 heterocycles. The lowest BCUT2D eigenvalue weighted by Crippen LogP contribution is -2.21. The van der Waals surface area contributed by atoms with Crippen molar-refractivity contribution in [2.24, 2.45) is 0 Å². The number of unbranched alkanes of at least 4 members (excludes halogenated alkanes) is 1. The van der Waals surface area contributed by atoms with E-state index in [0.717, 1.165) is 19.4 Å². The monoisotopic (exact) mass is 209 g/mol. The molecule has 1 aromatic carbocycles. The van der Waals surface area contributed by atoms with Gasteiger partial charge in [0.2, 0.25) is 0 Å². The average Bonchev–Trinajstić information content (AvgIpc) is 2.25. The normalized spacial score (nSPS) is 10.1. The van der Waals surface area contributed by atoms with Crippen molar-refractivity contribution in [3.63, 3.8) is 0 Å². The van der Waals surface area contributed by atoms with E-state index in [2.05, 4.69) is 6.92 Å². The first-order chi connectivity index (χ1) is 7.20. The number of carbonyl (C=O) groups excluding carboxylic acids is 1. The molecule has 0 radical (unpaired) electrons. The standard InChI is InChI=1S/C12H16FNO/c1-3-4-8-14(2)12-10(9-15)6-5-7-11(12)13/h5-7,9H,3-4,8H2,1-2H3. The Balaban J connectivity index is 2.95. The summed E-state index contributed by atoms with van der Waals surface area (Å²) in [6.07, 6.45) is 2.74. The predicted octanol–water partition coefficient (Wildman–Crippen LogP) is 2.87. The molecule has 0 spiro atoms. The molecule has 0 aliphatic heterocycles. The highest BCUT2D eigenvalue weighted by Crippen LogP contribution is 2.22. The molecule has 2 nitrogen and oxygen atoms in total. The second-order valence-corrected chi connectivity index (χ2v) is 3.57. The van der Waals surface area contributed by atoms with Crippen LogP contribution in [0.4, 0.5) is 10.1 Å². The predicted molar refractivity (Wildman–Crippen MR) is 60.0 cm³/mol. The summed E-state index contributed by atoms with van der Waals surface area (Å²) in [7, 11) is 1.81. The summed E-state index contributed by atoms with van der Waals surface area (Å²) < 4.78 is 13.5. The van der Waals surface area contributed by atoms with Crippen molar-refractivity contribution in [2.75, 3.05) is 18.5 Å². The first-order valence-electron chi connectivity index (χ1n) is 5.15.